The molecule has 0 bridgehead atoms. The van der Waals surface area contributed by atoms with E-state index in [2.05, 4.69) is 0 Å². The van der Waals surface area contributed by atoms with Gasteiger partial charge in [-0.15, -0.1) is 11.3 Å². The summed E-state index contributed by atoms with van der Waals surface area (Å²) in [5.74, 6) is -0.0843. The van der Waals surface area contributed by atoms with E-state index in [0.717, 1.165) is 22.1 Å². The Kier molecular flexibility index (Phi) is 4.62. The maximum atomic E-state index is 12.6. The number of amides is 1. The van der Waals surface area contributed by atoms with E-state index >= 15 is 0 Å². The van der Waals surface area contributed by atoms with E-state index in [4.69, 9.17) is 10.8 Å². The third-order valence-electron chi connectivity index (χ3n) is 3.30. The average Bonchev–Trinajstić information content (AvgIpc) is 2.77. The minimum atomic E-state index is -0.0843. The van der Waals surface area contributed by atoms with Crippen LogP contribution in [0.3, 0.4) is 0 Å². The molecule has 2 rings (SSSR count). The summed E-state index contributed by atoms with van der Waals surface area (Å²) in [5, 5.41) is 10.0. The van der Waals surface area contributed by atoms with Crippen LogP contribution >= 0.6 is 11.3 Å². The summed E-state index contributed by atoms with van der Waals surface area (Å²) in [6.07, 6.45) is 0.857. The van der Waals surface area contributed by atoms with Crippen LogP contribution in [-0.2, 0) is 0 Å². The van der Waals surface area contributed by atoms with Gasteiger partial charge in [0.2, 0.25) is 0 Å². The lowest BCUT2D eigenvalue weighted by Gasteiger charge is -2.20. The van der Waals surface area contributed by atoms with Gasteiger partial charge >= 0.3 is 0 Å². The molecule has 0 aliphatic carbocycles. The number of nitrogen functional groups attached to an aromatic ring is 1. The van der Waals surface area contributed by atoms with Crippen LogP contribution in [0.4, 0.5) is 5.69 Å². The molecule has 0 fully saturated rings. The highest BCUT2D eigenvalue weighted by Crippen LogP contribution is 2.36. The molecule has 5 heteroatoms. The van der Waals surface area contributed by atoms with Gasteiger partial charge in [-0.1, -0.05) is 25.1 Å². The highest BCUT2D eigenvalue weighted by atomic mass is 32.1. The summed E-state index contributed by atoms with van der Waals surface area (Å²) in [7, 11) is 0. The lowest BCUT2D eigenvalue weighted by Crippen LogP contribution is -2.34. The van der Waals surface area contributed by atoms with Gasteiger partial charge in [-0.05, 0) is 18.9 Å². The Labute approximate surface area is 122 Å². The minimum Gasteiger partial charge on any atom is -0.397 e. The van der Waals surface area contributed by atoms with Crippen LogP contribution in [0.25, 0.3) is 10.1 Å². The number of anilines is 1. The number of nitrogens with zero attached hydrogens (tertiary/aromatic N) is 1. The van der Waals surface area contributed by atoms with Gasteiger partial charge in [-0.3, -0.25) is 4.79 Å². The SMILES string of the molecule is CCCN(CCO)C(=O)c1sc2c(C)cccc2c1N. The molecule has 1 aromatic carbocycles. The van der Waals surface area contributed by atoms with Gasteiger partial charge in [0, 0.05) is 23.2 Å². The summed E-state index contributed by atoms with van der Waals surface area (Å²) < 4.78 is 1.06. The van der Waals surface area contributed by atoms with E-state index in [1.54, 1.807) is 4.90 Å². The molecule has 0 aliphatic rings. The second-order valence-electron chi connectivity index (χ2n) is 4.81. The monoisotopic (exact) mass is 292 g/mol. The Morgan fingerprint density at radius 3 is 2.75 bits per heavy atom. The molecule has 108 valence electrons. The molecule has 0 spiro atoms. The first kappa shape index (κ1) is 14.8. The second kappa shape index (κ2) is 6.24. The fourth-order valence-corrected chi connectivity index (χ4v) is 3.44. The summed E-state index contributed by atoms with van der Waals surface area (Å²) in [5.41, 5.74) is 7.82. The van der Waals surface area contributed by atoms with Crippen molar-refractivity contribution in [2.75, 3.05) is 25.4 Å². The Hall–Kier alpha value is -1.59. The van der Waals surface area contributed by atoms with Crippen molar-refractivity contribution in [2.45, 2.75) is 20.3 Å². The molecule has 1 aromatic heterocycles. The Balaban J connectivity index is 2.43. The van der Waals surface area contributed by atoms with E-state index in [-0.39, 0.29) is 12.5 Å². The number of carbonyl (C=O) groups is 1. The van der Waals surface area contributed by atoms with Crippen LogP contribution in [-0.4, -0.2) is 35.6 Å². The fraction of sp³-hybridized carbons (Fsp3) is 0.400. The molecule has 0 atom stereocenters. The van der Waals surface area contributed by atoms with Crippen molar-refractivity contribution < 1.29 is 9.90 Å². The minimum absolute atomic E-state index is 0.0322. The summed E-state index contributed by atoms with van der Waals surface area (Å²) >= 11 is 1.44. The van der Waals surface area contributed by atoms with Crippen LogP contribution in [0, 0.1) is 6.92 Å². The standard InChI is InChI=1S/C15H20N2O2S/c1-3-7-17(8-9-18)15(19)14-12(16)11-6-4-5-10(2)13(11)20-14/h4-6,18H,3,7-9,16H2,1-2H3. The Morgan fingerprint density at radius 2 is 2.15 bits per heavy atom. The van der Waals surface area contributed by atoms with Crippen molar-refractivity contribution in [2.24, 2.45) is 0 Å². The van der Waals surface area contributed by atoms with Gasteiger partial charge in [0.1, 0.15) is 4.88 Å². The van der Waals surface area contributed by atoms with Gasteiger partial charge < -0.3 is 15.7 Å². The van der Waals surface area contributed by atoms with Gasteiger partial charge in [-0.2, -0.15) is 0 Å². The lowest BCUT2D eigenvalue weighted by atomic mass is 10.1. The zero-order chi connectivity index (χ0) is 14.7. The number of hydrogen-bond acceptors (Lipinski definition) is 4. The number of nitrogens with two attached hydrogens (primary N) is 1. The van der Waals surface area contributed by atoms with Crippen LogP contribution in [0.1, 0.15) is 28.6 Å². The van der Waals surface area contributed by atoms with E-state index < -0.39 is 0 Å². The number of aryl methyl sites for hydroxylation is 1. The van der Waals surface area contributed by atoms with Crippen LogP contribution in [0.5, 0.6) is 0 Å². The number of thiophene rings is 1. The number of carbonyl (C=O) groups excluding carboxylic acids is 1. The fourth-order valence-electron chi connectivity index (χ4n) is 2.29. The van der Waals surface area contributed by atoms with E-state index in [1.165, 1.54) is 11.3 Å². The van der Waals surface area contributed by atoms with Crippen molar-refractivity contribution in [1.82, 2.24) is 4.90 Å². The van der Waals surface area contributed by atoms with Crippen LogP contribution < -0.4 is 5.73 Å². The van der Waals surface area contributed by atoms with Gasteiger partial charge in [0.05, 0.1) is 12.3 Å². The van der Waals surface area contributed by atoms with Crippen LogP contribution in [0.15, 0.2) is 18.2 Å². The third kappa shape index (κ3) is 2.64. The van der Waals surface area contributed by atoms with E-state index in [9.17, 15) is 4.79 Å². The molecule has 0 saturated heterocycles. The normalized spacial score (nSPS) is 10.9. The predicted molar refractivity (Wildman–Crippen MR) is 84.3 cm³/mol. The molecule has 0 saturated carbocycles. The predicted octanol–water partition coefficient (Wildman–Crippen LogP) is 2.64. The third-order valence-corrected chi connectivity index (χ3v) is 4.64. The van der Waals surface area contributed by atoms with Gasteiger partial charge in [-0.25, -0.2) is 0 Å². The lowest BCUT2D eigenvalue weighted by molar-refractivity contribution is 0.0728. The maximum Gasteiger partial charge on any atom is 0.266 e. The molecular formula is C15H20N2O2S. The van der Waals surface area contributed by atoms with Crippen molar-refractivity contribution in [3.8, 4) is 0 Å². The van der Waals surface area contributed by atoms with Gasteiger partial charge in [0.25, 0.3) is 5.91 Å². The topological polar surface area (TPSA) is 66.6 Å². The molecule has 3 N–H and O–H groups in total. The second-order valence-corrected chi connectivity index (χ2v) is 5.83. The molecule has 0 aliphatic heterocycles. The van der Waals surface area contributed by atoms with Crippen molar-refractivity contribution >= 4 is 33.0 Å². The highest BCUT2D eigenvalue weighted by Gasteiger charge is 2.21. The zero-order valence-corrected chi connectivity index (χ0v) is 12.7. The first-order chi connectivity index (χ1) is 9.60. The Morgan fingerprint density at radius 1 is 1.40 bits per heavy atom. The first-order valence-electron chi connectivity index (χ1n) is 6.77. The molecule has 0 radical (unpaired) electrons. The quantitative estimate of drug-likeness (QED) is 0.890. The molecular weight excluding hydrogens is 272 g/mol. The number of fused-ring (bicyclic) bond motifs is 1. The molecule has 1 amide bonds. The molecule has 4 nitrogen and oxygen atoms in total. The smallest absolute Gasteiger partial charge is 0.266 e. The first-order valence-corrected chi connectivity index (χ1v) is 7.59. The molecule has 2 aromatic rings. The summed E-state index contributed by atoms with van der Waals surface area (Å²) in [4.78, 5) is 14.8. The van der Waals surface area contributed by atoms with Crippen molar-refractivity contribution in [3.05, 3.63) is 28.6 Å². The van der Waals surface area contributed by atoms with Crippen molar-refractivity contribution in [1.29, 1.82) is 0 Å². The molecule has 0 unspecified atom stereocenters. The van der Waals surface area contributed by atoms with Crippen molar-refractivity contribution in [3.63, 3.8) is 0 Å². The largest absolute Gasteiger partial charge is 0.397 e. The van der Waals surface area contributed by atoms with Gasteiger partial charge in [0.15, 0.2) is 0 Å². The highest BCUT2D eigenvalue weighted by molar-refractivity contribution is 7.21. The number of benzene rings is 1. The summed E-state index contributed by atoms with van der Waals surface area (Å²) in [6.45, 7) is 4.97. The Bertz CT molecular complexity index is 616. The molecule has 20 heavy (non-hydrogen) atoms. The van der Waals surface area contributed by atoms with E-state index in [0.29, 0.717) is 23.7 Å². The van der Waals surface area contributed by atoms with E-state index in [1.807, 2.05) is 32.0 Å². The number of rotatable bonds is 5. The zero-order valence-electron chi connectivity index (χ0n) is 11.8. The maximum absolute atomic E-state index is 12.6. The average molecular weight is 292 g/mol. The number of hydrogen-bond donors (Lipinski definition) is 2. The van der Waals surface area contributed by atoms with Crippen LogP contribution in [0.2, 0.25) is 0 Å². The number of aliphatic hydroxyl groups is 1. The number of aliphatic hydroxyl groups excluding tert-OH is 1. The molecule has 1 heterocycles. The summed E-state index contributed by atoms with van der Waals surface area (Å²) in [6, 6.07) is 5.91.